The van der Waals surface area contributed by atoms with E-state index in [1.807, 2.05) is 35.2 Å². The van der Waals surface area contributed by atoms with Crippen molar-refractivity contribution in [3.8, 4) is 0 Å². The van der Waals surface area contributed by atoms with Crippen molar-refractivity contribution in [1.29, 1.82) is 0 Å². The summed E-state index contributed by atoms with van der Waals surface area (Å²) in [4.78, 5) is 31.2. The Morgan fingerprint density at radius 1 is 1.25 bits per heavy atom. The van der Waals surface area contributed by atoms with Crippen molar-refractivity contribution in [2.75, 3.05) is 6.54 Å². The van der Waals surface area contributed by atoms with Gasteiger partial charge in [-0.3, -0.25) is 14.3 Å². The highest BCUT2D eigenvalue weighted by atomic mass is 16.7. The molecule has 2 saturated heterocycles. The summed E-state index contributed by atoms with van der Waals surface area (Å²) in [7, 11) is 0. The number of aliphatic carboxylic acids is 1. The van der Waals surface area contributed by atoms with Crippen LogP contribution in [0.3, 0.4) is 0 Å². The number of carboxylic acids is 1. The van der Waals surface area contributed by atoms with Crippen LogP contribution in [-0.4, -0.2) is 60.7 Å². The van der Waals surface area contributed by atoms with Crippen LogP contribution in [0.2, 0.25) is 0 Å². The Morgan fingerprint density at radius 2 is 2.07 bits per heavy atom. The summed E-state index contributed by atoms with van der Waals surface area (Å²) in [5, 5.41) is 18.4. The van der Waals surface area contributed by atoms with Gasteiger partial charge in [-0.05, 0) is 18.4 Å². The molecular formula is C19H23N5O4. The Balaban J connectivity index is 1.34. The van der Waals surface area contributed by atoms with Gasteiger partial charge in [-0.15, -0.1) is 5.10 Å². The zero-order valence-electron chi connectivity index (χ0n) is 15.5. The Bertz CT molecular complexity index is 840. The molecule has 3 heterocycles. The van der Waals surface area contributed by atoms with E-state index >= 15 is 0 Å². The van der Waals surface area contributed by atoms with Gasteiger partial charge in [0.1, 0.15) is 6.61 Å². The fourth-order valence-corrected chi connectivity index (χ4v) is 3.78. The van der Waals surface area contributed by atoms with Crippen LogP contribution in [0.15, 0.2) is 36.5 Å². The fraction of sp³-hybridized carbons (Fsp3) is 0.474. The number of urea groups is 1. The fourth-order valence-electron chi connectivity index (χ4n) is 3.78. The molecule has 28 heavy (non-hydrogen) atoms. The third kappa shape index (κ3) is 3.99. The van der Waals surface area contributed by atoms with Gasteiger partial charge in [0.05, 0.1) is 30.7 Å². The maximum atomic E-state index is 12.8. The predicted molar refractivity (Wildman–Crippen MR) is 98.0 cm³/mol. The van der Waals surface area contributed by atoms with E-state index in [1.54, 1.807) is 10.9 Å². The average Bonchev–Trinajstić information content (AvgIpc) is 3.24. The molecule has 0 spiro atoms. The first kappa shape index (κ1) is 18.4. The van der Waals surface area contributed by atoms with Crippen LogP contribution in [0.5, 0.6) is 0 Å². The van der Waals surface area contributed by atoms with Gasteiger partial charge in [-0.25, -0.2) is 4.79 Å². The van der Waals surface area contributed by atoms with E-state index in [4.69, 9.17) is 9.94 Å². The lowest BCUT2D eigenvalue weighted by molar-refractivity contribution is -0.140. The van der Waals surface area contributed by atoms with Gasteiger partial charge in [0.25, 0.3) is 0 Å². The summed E-state index contributed by atoms with van der Waals surface area (Å²) < 4.78 is 1.70. The first-order chi connectivity index (χ1) is 13.6. The molecule has 0 aliphatic carbocycles. The van der Waals surface area contributed by atoms with E-state index in [0.717, 1.165) is 18.4 Å². The highest BCUT2D eigenvalue weighted by Crippen LogP contribution is 2.31. The topological polar surface area (TPSA) is 101 Å². The smallest absolute Gasteiger partial charge is 0.344 e. The molecule has 148 valence electrons. The van der Waals surface area contributed by atoms with Crippen molar-refractivity contribution >= 4 is 12.0 Å². The van der Waals surface area contributed by atoms with Crippen molar-refractivity contribution in [3.63, 3.8) is 0 Å². The number of piperidine rings is 1. The minimum absolute atomic E-state index is 0.0299. The van der Waals surface area contributed by atoms with Crippen LogP contribution in [0.4, 0.5) is 4.79 Å². The monoisotopic (exact) mass is 385 g/mol. The molecule has 1 N–H and O–H groups in total. The quantitative estimate of drug-likeness (QED) is 0.742. The molecule has 2 fully saturated rings. The number of carboxylic acid groups (broad SMARTS) is 1. The Morgan fingerprint density at radius 3 is 2.86 bits per heavy atom. The van der Waals surface area contributed by atoms with E-state index in [9.17, 15) is 9.59 Å². The number of rotatable bonds is 8. The highest BCUT2D eigenvalue weighted by molar-refractivity contribution is 5.76. The van der Waals surface area contributed by atoms with E-state index in [-0.39, 0.29) is 24.5 Å². The average molecular weight is 385 g/mol. The lowest BCUT2D eigenvalue weighted by atomic mass is 10.0. The van der Waals surface area contributed by atoms with Crippen LogP contribution in [0.25, 0.3) is 0 Å². The molecule has 0 unspecified atom stereocenters. The van der Waals surface area contributed by atoms with Gasteiger partial charge in [0, 0.05) is 19.2 Å². The number of hydroxylamine groups is 2. The number of aromatic nitrogens is 3. The van der Waals surface area contributed by atoms with Crippen molar-refractivity contribution in [3.05, 3.63) is 47.8 Å². The highest BCUT2D eigenvalue weighted by Gasteiger charge is 2.45. The molecule has 9 nitrogen and oxygen atoms in total. The SMILES string of the molecule is O=C(O)CCc1cn(C[C@@H]2CC[C@@H]3CN2C(=O)N3OCc2ccccc2)nn1. The van der Waals surface area contributed by atoms with Gasteiger partial charge >= 0.3 is 12.0 Å². The normalized spacial score (nSPS) is 21.4. The molecule has 1 aromatic carbocycles. The largest absolute Gasteiger partial charge is 0.481 e. The number of hydrogen-bond acceptors (Lipinski definition) is 5. The van der Waals surface area contributed by atoms with Crippen LogP contribution in [-0.2, 0) is 29.2 Å². The van der Waals surface area contributed by atoms with Gasteiger partial charge in [0.15, 0.2) is 0 Å². The minimum atomic E-state index is -0.855. The number of carbonyl (C=O) groups is 2. The number of amides is 2. The minimum Gasteiger partial charge on any atom is -0.481 e. The molecule has 2 atom stereocenters. The molecule has 4 rings (SSSR count). The molecule has 2 amide bonds. The lowest BCUT2D eigenvalue weighted by Gasteiger charge is -2.30. The lowest BCUT2D eigenvalue weighted by Crippen LogP contribution is -2.42. The molecule has 0 radical (unpaired) electrons. The van der Waals surface area contributed by atoms with Crippen molar-refractivity contribution < 1.29 is 19.5 Å². The Kier molecular flexibility index (Phi) is 5.25. The van der Waals surface area contributed by atoms with E-state index in [1.165, 1.54) is 5.06 Å². The Labute approximate surface area is 162 Å². The summed E-state index contributed by atoms with van der Waals surface area (Å²) >= 11 is 0. The van der Waals surface area contributed by atoms with Crippen LogP contribution in [0, 0.1) is 0 Å². The second kappa shape index (κ2) is 7.97. The zero-order chi connectivity index (χ0) is 19.5. The molecule has 1 aromatic heterocycles. The standard InChI is InChI=1S/C19H23N5O4/c25-18(26)9-6-15-10-22(21-20-15)11-16-7-8-17-12-23(16)19(27)24(17)28-13-14-4-2-1-3-5-14/h1-5,10,16-17H,6-9,11-13H2,(H,25,26)/t16-,17+/m0/s1. The molecule has 2 bridgehead atoms. The maximum absolute atomic E-state index is 12.8. The maximum Gasteiger partial charge on any atom is 0.344 e. The second-order valence-electron chi connectivity index (χ2n) is 7.23. The molecule has 0 saturated carbocycles. The molecule has 2 aliphatic rings. The van der Waals surface area contributed by atoms with Gasteiger partial charge in [-0.1, -0.05) is 35.5 Å². The van der Waals surface area contributed by atoms with E-state index in [0.29, 0.717) is 31.8 Å². The predicted octanol–water partition coefficient (Wildman–Crippen LogP) is 1.70. The van der Waals surface area contributed by atoms with Gasteiger partial charge in [0.2, 0.25) is 0 Å². The van der Waals surface area contributed by atoms with Gasteiger partial charge < -0.3 is 10.0 Å². The van der Waals surface area contributed by atoms with Crippen molar-refractivity contribution in [2.45, 2.75) is 50.9 Å². The van der Waals surface area contributed by atoms with Crippen molar-refractivity contribution in [2.24, 2.45) is 0 Å². The van der Waals surface area contributed by atoms with Crippen LogP contribution in [0.1, 0.15) is 30.5 Å². The summed E-state index contributed by atoms with van der Waals surface area (Å²) in [5.41, 5.74) is 1.68. The van der Waals surface area contributed by atoms with E-state index in [2.05, 4.69) is 10.3 Å². The number of hydrogen-bond donors (Lipinski definition) is 1. The molecular weight excluding hydrogens is 362 g/mol. The number of benzene rings is 1. The van der Waals surface area contributed by atoms with Crippen molar-refractivity contribution in [1.82, 2.24) is 25.0 Å². The van der Waals surface area contributed by atoms with E-state index < -0.39 is 5.97 Å². The van der Waals surface area contributed by atoms with Crippen LogP contribution >= 0.6 is 0 Å². The number of nitrogens with zero attached hydrogens (tertiary/aromatic N) is 5. The second-order valence-corrected chi connectivity index (χ2v) is 7.23. The number of carbonyl (C=O) groups excluding carboxylic acids is 1. The summed E-state index contributed by atoms with van der Waals surface area (Å²) in [5.74, 6) is -0.855. The number of aryl methyl sites for hydroxylation is 1. The third-order valence-corrected chi connectivity index (χ3v) is 5.24. The molecule has 9 heteroatoms. The number of fused-ring (bicyclic) bond motifs is 2. The third-order valence-electron chi connectivity index (χ3n) is 5.24. The summed E-state index contributed by atoms with van der Waals surface area (Å²) in [6, 6.07) is 9.80. The van der Waals surface area contributed by atoms with Gasteiger partial charge in [-0.2, -0.15) is 5.06 Å². The zero-order valence-corrected chi connectivity index (χ0v) is 15.5. The summed E-state index contributed by atoms with van der Waals surface area (Å²) in [6.07, 6.45) is 3.89. The first-order valence-electron chi connectivity index (χ1n) is 9.47. The first-order valence-corrected chi connectivity index (χ1v) is 9.47. The molecule has 2 aliphatic heterocycles. The Hall–Kier alpha value is -2.94. The molecule has 2 aromatic rings. The van der Waals surface area contributed by atoms with Crippen LogP contribution < -0.4 is 0 Å². The summed E-state index contributed by atoms with van der Waals surface area (Å²) in [6.45, 7) is 1.57.